The van der Waals surface area contributed by atoms with Crippen LogP contribution >= 0.6 is 23.1 Å². The fraction of sp³-hybridized carbons (Fsp3) is 0.176. The first-order valence-corrected chi connectivity index (χ1v) is 8.92. The van der Waals surface area contributed by atoms with Crippen LogP contribution in [-0.4, -0.2) is 23.3 Å². The van der Waals surface area contributed by atoms with Crippen LogP contribution in [-0.2, 0) is 11.2 Å². The largest absolute Gasteiger partial charge is 0.497 e. The first-order chi connectivity index (χ1) is 11.2. The van der Waals surface area contributed by atoms with Crippen LogP contribution in [0.5, 0.6) is 5.75 Å². The predicted octanol–water partition coefficient (Wildman–Crippen LogP) is 3.96. The Kier molecular flexibility index (Phi) is 3.71. The molecule has 4 rings (SSSR count). The van der Waals surface area contributed by atoms with E-state index >= 15 is 0 Å². The van der Waals surface area contributed by atoms with Crippen LogP contribution in [0.3, 0.4) is 0 Å². The minimum atomic E-state index is -0.0889. The lowest BCUT2D eigenvalue weighted by atomic mass is 10.1. The van der Waals surface area contributed by atoms with E-state index in [1.165, 1.54) is 21.8 Å². The molecule has 0 saturated heterocycles. The van der Waals surface area contributed by atoms with Gasteiger partial charge in [-0.05, 0) is 36.2 Å². The van der Waals surface area contributed by atoms with Gasteiger partial charge in [-0.15, -0.1) is 11.8 Å². The van der Waals surface area contributed by atoms with Crippen molar-refractivity contribution in [3.63, 3.8) is 0 Å². The Balaban J connectivity index is 1.51. The van der Waals surface area contributed by atoms with Crippen LogP contribution in [0.1, 0.15) is 5.56 Å². The van der Waals surface area contributed by atoms with Crippen molar-refractivity contribution in [2.24, 2.45) is 0 Å². The summed E-state index contributed by atoms with van der Waals surface area (Å²) < 4.78 is 6.22. The maximum Gasteiger partial charge on any atom is 0.239 e. The molecule has 3 aromatic rings. The van der Waals surface area contributed by atoms with Crippen LogP contribution in [0.2, 0.25) is 0 Å². The summed E-state index contributed by atoms with van der Waals surface area (Å²) in [6.45, 7) is 0. The lowest BCUT2D eigenvalue weighted by Gasteiger charge is -2.07. The summed E-state index contributed by atoms with van der Waals surface area (Å²) in [6, 6.07) is 13.9. The molecule has 1 amide bonds. The first-order valence-electron chi connectivity index (χ1n) is 7.23. The molecule has 0 fully saturated rings. The van der Waals surface area contributed by atoms with Gasteiger partial charge in [-0.3, -0.25) is 4.79 Å². The maximum absolute atomic E-state index is 12.5. The summed E-state index contributed by atoms with van der Waals surface area (Å²) >= 11 is 3.09. The molecule has 0 aliphatic carbocycles. The smallest absolute Gasteiger partial charge is 0.239 e. The molecule has 1 N–H and O–H groups in total. The third kappa shape index (κ3) is 2.80. The van der Waals surface area contributed by atoms with Crippen molar-refractivity contribution in [1.29, 1.82) is 0 Å². The van der Waals surface area contributed by atoms with Crippen molar-refractivity contribution in [2.45, 2.75) is 16.6 Å². The molecule has 1 unspecified atom stereocenters. The highest BCUT2D eigenvalue weighted by Gasteiger charge is 2.28. The summed E-state index contributed by atoms with van der Waals surface area (Å²) in [7, 11) is 1.64. The lowest BCUT2D eigenvalue weighted by Crippen LogP contribution is -2.24. The van der Waals surface area contributed by atoms with Gasteiger partial charge in [-0.2, -0.15) is 0 Å². The number of aromatic nitrogens is 1. The molecule has 2 aromatic carbocycles. The minimum Gasteiger partial charge on any atom is -0.497 e. The predicted molar refractivity (Wildman–Crippen MR) is 94.6 cm³/mol. The number of nitrogens with zero attached hydrogens (tertiary/aromatic N) is 1. The van der Waals surface area contributed by atoms with Gasteiger partial charge in [0.15, 0.2) is 5.13 Å². The van der Waals surface area contributed by atoms with Gasteiger partial charge in [0.05, 0.1) is 22.6 Å². The van der Waals surface area contributed by atoms with Gasteiger partial charge in [-0.1, -0.05) is 29.5 Å². The number of thioether (sulfide) groups is 1. The standard InChI is InChI=1S/C17H14N2O2S2/c1-21-11-6-7-12-14(9-11)23-17(18-12)19-16(20)15-8-10-4-2-3-5-13(10)22-15/h2-7,9,15H,8H2,1H3,(H,18,19,20). The van der Waals surface area contributed by atoms with Crippen LogP contribution in [0.25, 0.3) is 10.2 Å². The van der Waals surface area contributed by atoms with E-state index < -0.39 is 0 Å². The Morgan fingerprint density at radius 2 is 2.17 bits per heavy atom. The number of nitrogens with one attached hydrogen (secondary N) is 1. The van der Waals surface area contributed by atoms with Gasteiger partial charge >= 0.3 is 0 Å². The Morgan fingerprint density at radius 1 is 1.30 bits per heavy atom. The van der Waals surface area contributed by atoms with Crippen LogP contribution in [0.15, 0.2) is 47.4 Å². The van der Waals surface area contributed by atoms with E-state index in [0.29, 0.717) is 5.13 Å². The second-order valence-electron chi connectivity index (χ2n) is 5.26. The molecular formula is C17H14N2O2S2. The molecule has 1 aromatic heterocycles. The average Bonchev–Trinajstić information content (AvgIpc) is 3.17. The number of methoxy groups -OCH3 is 1. The van der Waals surface area contributed by atoms with E-state index in [0.717, 1.165) is 22.4 Å². The zero-order valence-electron chi connectivity index (χ0n) is 12.4. The number of amides is 1. The van der Waals surface area contributed by atoms with Gasteiger partial charge in [0, 0.05) is 4.90 Å². The number of benzene rings is 2. The fourth-order valence-corrected chi connectivity index (χ4v) is 4.69. The van der Waals surface area contributed by atoms with E-state index in [2.05, 4.69) is 22.4 Å². The zero-order chi connectivity index (χ0) is 15.8. The van der Waals surface area contributed by atoms with E-state index in [1.54, 1.807) is 18.9 Å². The number of thiazole rings is 1. The Bertz CT molecular complexity index is 866. The fourth-order valence-electron chi connectivity index (χ4n) is 2.60. The van der Waals surface area contributed by atoms with Crippen molar-refractivity contribution < 1.29 is 9.53 Å². The number of fused-ring (bicyclic) bond motifs is 2. The van der Waals surface area contributed by atoms with Crippen LogP contribution in [0, 0.1) is 0 Å². The van der Waals surface area contributed by atoms with Gasteiger partial charge in [-0.25, -0.2) is 4.98 Å². The topological polar surface area (TPSA) is 51.2 Å². The quantitative estimate of drug-likeness (QED) is 0.783. The van der Waals surface area contributed by atoms with Crippen LogP contribution in [0.4, 0.5) is 5.13 Å². The molecule has 0 bridgehead atoms. The average molecular weight is 342 g/mol. The SMILES string of the molecule is COc1ccc2nc(NC(=O)C3Cc4ccccc4S3)sc2c1. The number of ether oxygens (including phenoxy) is 1. The molecule has 1 aliphatic heterocycles. The van der Waals surface area contributed by atoms with Gasteiger partial charge in [0.1, 0.15) is 5.75 Å². The number of carbonyl (C=O) groups is 1. The summed E-state index contributed by atoms with van der Waals surface area (Å²) in [5, 5.41) is 3.50. The Hall–Kier alpha value is -2.05. The highest BCUT2D eigenvalue weighted by Crippen LogP contribution is 2.37. The molecule has 23 heavy (non-hydrogen) atoms. The van der Waals surface area contributed by atoms with E-state index in [9.17, 15) is 4.79 Å². The second-order valence-corrected chi connectivity index (χ2v) is 7.54. The lowest BCUT2D eigenvalue weighted by molar-refractivity contribution is -0.115. The maximum atomic E-state index is 12.5. The van der Waals surface area contributed by atoms with Crippen LogP contribution < -0.4 is 10.1 Å². The summed E-state index contributed by atoms with van der Waals surface area (Å²) in [4.78, 5) is 18.2. The highest BCUT2D eigenvalue weighted by molar-refractivity contribution is 8.01. The monoisotopic (exact) mass is 342 g/mol. The van der Waals surface area contributed by atoms with E-state index in [4.69, 9.17) is 4.74 Å². The molecule has 6 heteroatoms. The minimum absolute atomic E-state index is 0.0113. The molecule has 1 aliphatic rings. The Morgan fingerprint density at radius 3 is 3.00 bits per heavy atom. The molecule has 2 heterocycles. The summed E-state index contributed by atoms with van der Waals surface area (Å²) in [5.74, 6) is 0.804. The molecule has 116 valence electrons. The van der Waals surface area contributed by atoms with E-state index in [1.807, 2.05) is 30.3 Å². The summed E-state index contributed by atoms with van der Waals surface area (Å²) in [5.41, 5.74) is 2.11. The third-order valence-corrected chi connectivity index (χ3v) is 6.02. The highest BCUT2D eigenvalue weighted by atomic mass is 32.2. The van der Waals surface area contributed by atoms with Gasteiger partial charge in [0.2, 0.25) is 5.91 Å². The van der Waals surface area contributed by atoms with E-state index in [-0.39, 0.29) is 11.2 Å². The first kappa shape index (κ1) is 14.5. The molecule has 0 spiro atoms. The molecule has 1 atom stereocenters. The third-order valence-electron chi connectivity index (χ3n) is 3.77. The molecule has 4 nitrogen and oxygen atoms in total. The van der Waals surface area contributed by atoms with Crippen molar-refractivity contribution >= 4 is 44.4 Å². The molecule has 0 radical (unpaired) electrons. The van der Waals surface area contributed by atoms with Crippen molar-refractivity contribution in [3.05, 3.63) is 48.0 Å². The van der Waals surface area contributed by atoms with Gasteiger partial charge in [0.25, 0.3) is 0 Å². The number of hydrogen-bond acceptors (Lipinski definition) is 5. The second kappa shape index (κ2) is 5.86. The normalized spacial score (nSPS) is 16.3. The van der Waals surface area contributed by atoms with Gasteiger partial charge < -0.3 is 10.1 Å². The van der Waals surface area contributed by atoms with Crippen molar-refractivity contribution in [3.8, 4) is 5.75 Å². The number of carbonyl (C=O) groups excluding carboxylic acids is 1. The molecule has 0 saturated carbocycles. The number of hydrogen-bond donors (Lipinski definition) is 1. The summed E-state index contributed by atoms with van der Waals surface area (Å²) in [6.07, 6.45) is 0.769. The number of anilines is 1. The van der Waals surface area contributed by atoms with Crippen molar-refractivity contribution in [2.75, 3.05) is 12.4 Å². The molecular weight excluding hydrogens is 328 g/mol. The van der Waals surface area contributed by atoms with Crippen molar-refractivity contribution in [1.82, 2.24) is 4.98 Å². The Labute approximate surface area is 141 Å². The zero-order valence-corrected chi connectivity index (χ0v) is 14.0. The number of rotatable bonds is 3.